The van der Waals surface area contributed by atoms with E-state index in [1.165, 1.54) is 7.11 Å². The lowest BCUT2D eigenvalue weighted by Gasteiger charge is -2.45. The van der Waals surface area contributed by atoms with Crippen molar-refractivity contribution in [3.8, 4) is 5.75 Å². The van der Waals surface area contributed by atoms with Crippen LogP contribution in [0, 0.1) is 20.2 Å². The Labute approximate surface area is 468 Å². The number of esters is 1. The molecule has 2 aliphatic heterocycles. The van der Waals surface area contributed by atoms with E-state index in [9.17, 15) is 30.1 Å². The van der Waals surface area contributed by atoms with E-state index >= 15 is 0 Å². The molecule has 0 unspecified atom stereocenters. The van der Waals surface area contributed by atoms with Crippen LogP contribution in [0.5, 0.6) is 5.75 Å². The third kappa shape index (κ3) is 15.8. The lowest BCUT2D eigenvalue weighted by Crippen LogP contribution is -2.62. The van der Waals surface area contributed by atoms with Crippen molar-refractivity contribution in [3.05, 3.63) is 253 Å². The molecular formula is C62H62N2O17. The molecule has 0 spiro atoms. The number of nitro groups is 2. The van der Waals surface area contributed by atoms with E-state index in [1.807, 2.05) is 182 Å². The molecule has 7 aromatic carbocycles. The normalized spacial score (nSPS) is 22.6. The number of nitrogens with zero attached hydrogens (tertiary/aromatic N) is 2. The number of non-ortho nitro benzene ring substituents is 1. The lowest BCUT2D eigenvalue weighted by atomic mass is 9.97. The Morgan fingerprint density at radius 2 is 0.877 bits per heavy atom. The van der Waals surface area contributed by atoms with Gasteiger partial charge in [0.2, 0.25) is 12.0 Å². The summed E-state index contributed by atoms with van der Waals surface area (Å²) >= 11 is 0. The fourth-order valence-corrected chi connectivity index (χ4v) is 9.43. The summed E-state index contributed by atoms with van der Waals surface area (Å²) in [7, 11) is 1.38. The van der Waals surface area contributed by atoms with Gasteiger partial charge in [-0.3, -0.25) is 20.2 Å². The molecule has 7 aromatic rings. The molecule has 2 fully saturated rings. The Hall–Kier alpha value is -7.79. The molecule has 81 heavy (non-hydrogen) atoms. The van der Waals surface area contributed by atoms with E-state index < -0.39 is 107 Å². The van der Waals surface area contributed by atoms with Gasteiger partial charge in [0.25, 0.3) is 5.69 Å². The molecule has 0 radical (unpaired) electrons. The largest absolute Gasteiger partial charge is 0.459 e. The van der Waals surface area contributed by atoms with Gasteiger partial charge < -0.3 is 57.2 Å². The number of aliphatic hydroxyl groups excluding tert-OH is 1. The number of hydrogen-bond donors (Lipinski definition) is 1. The van der Waals surface area contributed by atoms with Gasteiger partial charge in [0.1, 0.15) is 61.0 Å². The van der Waals surface area contributed by atoms with Crippen molar-refractivity contribution in [1.82, 2.24) is 0 Å². The molecule has 0 amide bonds. The lowest BCUT2D eigenvalue weighted by molar-refractivity contribution is -0.395. The van der Waals surface area contributed by atoms with Crippen LogP contribution in [0.3, 0.4) is 0 Å². The molecule has 19 nitrogen and oxygen atoms in total. The Morgan fingerprint density at radius 3 is 1.31 bits per heavy atom. The summed E-state index contributed by atoms with van der Waals surface area (Å²) < 4.78 is 70.4. The number of benzene rings is 7. The molecular weight excluding hydrogens is 1040 g/mol. The van der Waals surface area contributed by atoms with Gasteiger partial charge in [-0.1, -0.05) is 182 Å². The first-order valence-electron chi connectivity index (χ1n) is 26.3. The fourth-order valence-electron chi connectivity index (χ4n) is 9.43. The Morgan fingerprint density at radius 1 is 0.481 bits per heavy atom. The van der Waals surface area contributed by atoms with E-state index in [2.05, 4.69) is 0 Å². The van der Waals surface area contributed by atoms with Crippen LogP contribution in [0.15, 0.2) is 194 Å². The Balaban J connectivity index is 1.05. The van der Waals surface area contributed by atoms with Crippen molar-refractivity contribution in [2.75, 3.05) is 20.3 Å². The number of aliphatic hydroxyl groups is 1. The van der Waals surface area contributed by atoms with Crippen LogP contribution in [0.4, 0.5) is 11.4 Å². The van der Waals surface area contributed by atoms with Crippen molar-refractivity contribution in [1.29, 1.82) is 0 Å². The Bertz CT molecular complexity index is 3060. The predicted molar refractivity (Wildman–Crippen MR) is 292 cm³/mol. The molecule has 0 bridgehead atoms. The number of methoxy groups -OCH3 is 1. The van der Waals surface area contributed by atoms with Crippen LogP contribution in [0.1, 0.15) is 43.7 Å². The molecule has 0 aromatic heterocycles. The van der Waals surface area contributed by atoms with Crippen molar-refractivity contribution >= 4 is 17.3 Å². The minimum atomic E-state index is -1.66. The molecule has 2 saturated heterocycles. The minimum Gasteiger partial charge on any atom is -0.459 e. The first kappa shape index (κ1) is 57.9. The van der Waals surface area contributed by atoms with Gasteiger partial charge >= 0.3 is 11.7 Å². The Kier molecular flexibility index (Phi) is 20.8. The van der Waals surface area contributed by atoms with Crippen LogP contribution in [-0.2, 0) is 87.0 Å². The van der Waals surface area contributed by atoms with Crippen LogP contribution < -0.4 is 4.74 Å². The highest BCUT2D eigenvalue weighted by Gasteiger charge is 2.52. The van der Waals surface area contributed by atoms with Crippen molar-refractivity contribution < 1.29 is 71.9 Å². The number of hydrogen-bond acceptors (Lipinski definition) is 17. The second-order valence-electron chi connectivity index (χ2n) is 19.2. The van der Waals surface area contributed by atoms with Crippen LogP contribution in [0.25, 0.3) is 0 Å². The molecule has 9 rings (SSSR count). The average Bonchev–Trinajstić information content (AvgIpc) is 3.65. The first-order valence-corrected chi connectivity index (χ1v) is 26.3. The maximum Gasteiger partial charge on any atom is 0.342 e. The van der Waals surface area contributed by atoms with Gasteiger partial charge in [0.05, 0.1) is 62.2 Å². The number of ether oxygens (including phenoxy) is 11. The zero-order valence-electron chi connectivity index (χ0n) is 44.3. The summed E-state index contributed by atoms with van der Waals surface area (Å²) in [6, 6.07) is 57.5. The molecule has 0 saturated carbocycles. The van der Waals surface area contributed by atoms with Crippen LogP contribution >= 0.6 is 0 Å². The number of carbonyl (C=O) groups is 1. The van der Waals surface area contributed by atoms with E-state index in [-0.39, 0.29) is 46.2 Å². The van der Waals surface area contributed by atoms with Crippen molar-refractivity contribution in [2.24, 2.45) is 0 Å². The van der Waals surface area contributed by atoms with E-state index in [0.29, 0.717) is 6.07 Å². The van der Waals surface area contributed by atoms with Gasteiger partial charge in [0.15, 0.2) is 6.29 Å². The fraction of sp³-hybridized carbons (Fsp3) is 0.306. The van der Waals surface area contributed by atoms with Crippen LogP contribution in [-0.4, -0.2) is 103 Å². The van der Waals surface area contributed by atoms with Gasteiger partial charge in [-0.25, -0.2) is 4.79 Å². The quantitative estimate of drug-likeness (QED) is 0.0287. The molecule has 2 heterocycles. The number of carbonyl (C=O) groups excluding carboxylic acids is 1. The van der Waals surface area contributed by atoms with Gasteiger partial charge in [-0.05, 0) is 33.4 Å². The zero-order valence-corrected chi connectivity index (χ0v) is 44.3. The summed E-state index contributed by atoms with van der Waals surface area (Å²) in [5, 5.41) is 37.7. The minimum absolute atomic E-state index is 0.0402. The van der Waals surface area contributed by atoms with Crippen molar-refractivity contribution in [2.45, 2.75) is 101 Å². The standard InChI is InChI=1S/C62H62N2O17/c1-71-61-58(76-38-46-28-16-6-17-29-46)56(74-36-44-24-12-4-13-25-44)53(65)51(79-61)41-78-60(66)49-32-48(63(67)68)33-50(64(69)70)54(49)81-62-59(77-39-47-30-18-7-19-31-47)57(75-37-45-26-14-5-15-27-45)55(73-35-43-22-10-3-11-23-43)52(80-62)40-72-34-42-20-8-2-9-21-42/h2-33,51-53,55-59,61-62,65H,34-41H2,1H3/t51-,52-,53-,55-,56+,57+,58-,59-,61+,62-/m1/s1. The highest BCUT2D eigenvalue weighted by atomic mass is 16.7. The van der Waals surface area contributed by atoms with E-state index in [0.717, 1.165) is 39.4 Å². The summed E-state index contributed by atoms with van der Waals surface area (Å²) in [5.41, 5.74) is 2.34. The molecule has 422 valence electrons. The molecule has 0 aliphatic carbocycles. The smallest absolute Gasteiger partial charge is 0.342 e. The summed E-state index contributed by atoms with van der Waals surface area (Å²) in [5.74, 6) is -2.06. The second-order valence-corrected chi connectivity index (χ2v) is 19.2. The van der Waals surface area contributed by atoms with Gasteiger partial charge in [-0.15, -0.1) is 0 Å². The third-order valence-corrected chi connectivity index (χ3v) is 13.6. The molecule has 2 aliphatic rings. The predicted octanol–water partition coefficient (Wildman–Crippen LogP) is 9.64. The topological polar surface area (TPSA) is 225 Å². The molecule has 1 N–H and O–H groups in total. The molecule has 10 atom stereocenters. The van der Waals surface area contributed by atoms with E-state index in [1.54, 1.807) is 0 Å². The number of nitro benzene ring substituents is 2. The van der Waals surface area contributed by atoms with Crippen LogP contribution in [0.2, 0.25) is 0 Å². The summed E-state index contributed by atoms with van der Waals surface area (Å²) in [6.45, 7) is -0.415. The maximum absolute atomic E-state index is 14.7. The monoisotopic (exact) mass is 1110 g/mol. The highest BCUT2D eigenvalue weighted by Crippen LogP contribution is 2.40. The summed E-state index contributed by atoms with van der Waals surface area (Å²) in [4.78, 5) is 38.5. The second kappa shape index (κ2) is 29.1. The first-order chi connectivity index (χ1) is 39.6. The molecule has 19 heteroatoms. The highest BCUT2D eigenvalue weighted by molar-refractivity contribution is 5.95. The zero-order chi connectivity index (χ0) is 56.3. The number of rotatable bonds is 27. The van der Waals surface area contributed by atoms with E-state index in [4.69, 9.17) is 52.1 Å². The maximum atomic E-state index is 14.7. The van der Waals surface area contributed by atoms with Crippen molar-refractivity contribution in [3.63, 3.8) is 0 Å². The summed E-state index contributed by atoms with van der Waals surface area (Å²) in [6.07, 6.45) is -12.2. The van der Waals surface area contributed by atoms with Gasteiger partial charge in [0, 0.05) is 13.2 Å². The third-order valence-electron chi connectivity index (χ3n) is 13.6. The van der Waals surface area contributed by atoms with Gasteiger partial charge in [-0.2, -0.15) is 0 Å². The average molecular weight is 1110 g/mol. The SMILES string of the molecule is CO[C@H]1O[C@H](COC(=O)c2cc([N+](=O)[O-])cc([N+](=O)[O-])c2O[C@H]2O[C@H](COCc3ccccc3)[C@@H](OCc3ccccc3)[C@H](OCc3ccccc3)[C@H]2OCc2ccccc2)[C@@H](O)[C@H](OCc2ccccc2)[C@H]1OCc1ccccc1.